The van der Waals surface area contributed by atoms with Crippen molar-refractivity contribution < 1.29 is 4.74 Å². The van der Waals surface area contributed by atoms with Gasteiger partial charge in [-0.2, -0.15) is 0 Å². The first-order valence-corrected chi connectivity index (χ1v) is 5.74. The predicted molar refractivity (Wildman–Crippen MR) is 63.3 cm³/mol. The molecule has 4 heteroatoms. The number of rotatable bonds is 4. The Balaban J connectivity index is 2.78. The largest absolute Gasteiger partial charge is 0.497 e. The van der Waals surface area contributed by atoms with E-state index in [2.05, 4.69) is 20.8 Å². The standard InChI is InChI=1S/C10H13BrClNO/c1-13(7-11)6-8-3-4-9(14-2)5-10(8)12/h3-5H,6-7H2,1-2H3. The summed E-state index contributed by atoms with van der Waals surface area (Å²) < 4.78 is 5.07. The van der Waals surface area contributed by atoms with Crippen LogP contribution in [0, 0.1) is 0 Å². The molecule has 0 unspecified atom stereocenters. The Labute approximate surface area is 97.9 Å². The van der Waals surface area contributed by atoms with Gasteiger partial charge in [0.2, 0.25) is 0 Å². The molecule has 2 nitrogen and oxygen atoms in total. The Kier molecular flexibility index (Phi) is 4.72. The number of alkyl halides is 1. The lowest BCUT2D eigenvalue weighted by atomic mass is 10.2. The summed E-state index contributed by atoms with van der Waals surface area (Å²) >= 11 is 9.47. The molecule has 14 heavy (non-hydrogen) atoms. The third-order valence-electron chi connectivity index (χ3n) is 1.90. The molecule has 0 spiro atoms. The van der Waals surface area contributed by atoms with Crippen LogP contribution in [0.4, 0.5) is 0 Å². The van der Waals surface area contributed by atoms with E-state index in [0.29, 0.717) is 0 Å². The highest BCUT2D eigenvalue weighted by atomic mass is 79.9. The molecule has 1 rings (SSSR count). The molecule has 0 saturated carbocycles. The van der Waals surface area contributed by atoms with Crippen molar-refractivity contribution in [2.45, 2.75) is 6.54 Å². The van der Waals surface area contributed by atoms with Gasteiger partial charge in [-0.15, -0.1) is 0 Å². The summed E-state index contributed by atoms with van der Waals surface area (Å²) in [5.41, 5.74) is 1.93. The maximum atomic E-state index is 6.09. The molecule has 78 valence electrons. The SMILES string of the molecule is COc1ccc(CN(C)CBr)c(Cl)c1. The van der Waals surface area contributed by atoms with Gasteiger partial charge < -0.3 is 4.74 Å². The molecule has 0 atom stereocenters. The molecule has 0 heterocycles. The lowest BCUT2D eigenvalue weighted by Gasteiger charge is -2.14. The summed E-state index contributed by atoms with van der Waals surface area (Å²) in [7, 11) is 3.66. The second kappa shape index (κ2) is 5.59. The zero-order valence-corrected chi connectivity index (χ0v) is 10.6. The topological polar surface area (TPSA) is 12.5 Å². The van der Waals surface area contributed by atoms with Crippen LogP contribution in [0.25, 0.3) is 0 Å². The number of benzene rings is 1. The van der Waals surface area contributed by atoms with Crippen molar-refractivity contribution in [1.29, 1.82) is 0 Å². The van der Waals surface area contributed by atoms with E-state index < -0.39 is 0 Å². The molecule has 0 aliphatic rings. The van der Waals surface area contributed by atoms with Crippen molar-refractivity contribution in [2.75, 3.05) is 19.6 Å². The Hall–Kier alpha value is -0.250. The fraction of sp³-hybridized carbons (Fsp3) is 0.400. The summed E-state index contributed by atoms with van der Waals surface area (Å²) in [5.74, 6) is 0.792. The van der Waals surface area contributed by atoms with Crippen molar-refractivity contribution in [3.8, 4) is 5.75 Å². The third-order valence-corrected chi connectivity index (χ3v) is 3.11. The highest BCUT2D eigenvalue weighted by molar-refractivity contribution is 9.09. The quantitative estimate of drug-likeness (QED) is 0.620. The molecule has 0 amide bonds. The van der Waals surface area contributed by atoms with Gasteiger partial charge in [0, 0.05) is 11.6 Å². The van der Waals surface area contributed by atoms with Gasteiger partial charge in [0.15, 0.2) is 0 Å². The molecule has 0 aliphatic carbocycles. The van der Waals surface area contributed by atoms with Crippen LogP contribution in [0.5, 0.6) is 5.75 Å². The fourth-order valence-corrected chi connectivity index (χ4v) is 1.52. The van der Waals surface area contributed by atoms with Crippen molar-refractivity contribution in [2.24, 2.45) is 0 Å². The average molecular weight is 279 g/mol. The van der Waals surface area contributed by atoms with Crippen LogP contribution in [0.3, 0.4) is 0 Å². The van der Waals surface area contributed by atoms with E-state index in [-0.39, 0.29) is 0 Å². The first-order valence-electron chi connectivity index (χ1n) is 4.24. The molecular weight excluding hydrogens is 265 g/mol. The van der Waals surface area contributed by atoms with Gasteiger partial charge in [0.1, 0.15) is 5.75 Å². The highest BCUT2D eigenvalue weighted by Crippen LogP contribution is 2.23. The lowest BCUT2D eigenvalue weighted by Crippen LogP contribution is -2.15. The maximum absolute atomic E-state index is 6.09. The van der Waals surface area contributed by atoms with Crippen molar-refractivity contribution in [1.82, 2.24) is 4.90 Å². The zero-order chi connectivity index (χ0) is 10.6. The Morgan fingerprint density at radius 3 is 2.71 bits per heavy atom. The van der Waals surface area contributed by atoms with Crippen LogP contribution in [0.1, 0.15) is 5.56 Å². The Bertz CT molecular complexity index is 306. The number of hydrogen-bond donors (Lipinski definition) is 0. The smallest absolute Gasteiger partial charge is 0.120 e. The normalized spacial score (nSPS) is 10.6. The van der Waals surface area contributed by atoms with E-state index in [4.69, 9.17) is 16.3 Å². The van der Waals surface area contributed by atoms with Gasteiger partial charge in [0.05, 0.1) is 12.6 Å². The van der Waals surface area contributed by atoms with E-state index >= 15 is 0 Å². The molecule has 1 aromatic rings. The van der Waals surface area contributed by atoms with Gasteiger partial charge in [-0.25, -0.2) is 0 Å². The monoisotopic (exact) mass is 277 g/mol. The van der Waals surface area contributed by atoms with Gasteiger partial charge >= 0.3 is 0 Å². The van der Waals surface area contributed by atoms with Crippen LogP contribution >= 0.6 is 27.5 Å². The zero-order valence-electron chi connectivity index (χ0n) is 8.26. The number of hydrogen-bond acceptors (Lipinski definition) is 2. The van der Waals surface area contributed by atoms with E-state index in [1.165, 1.54) is 0 Å². The molecular formula is C10H13BrClNO. The number of methoxy groups -OCH3 is 1. The molecule has 0 bridgehead atoms. The van der Waals surface area contributed by atoms with Crippen LogP contribution in [-0.2, 0) is 6.54 Å². The first kappa shape index (κ1) is 11.8. The second-order valence-corrected chi connectivity index (χ2v) is 4.00. The predicted octanol–water partition coefficient (Wildman–Crippen LogP) is 3.13. The van der Waals surface area contributed by atoms with E-state index in [1.54, 1.807) is 7.11 Å². The second-order valence-electron chi connectivity index (χ2n) is 3.09. The minimum absolute atomic E-state index is 0.747. The van der Waals surface area contributed by atoms with Gasteiger partial charge in [-0.3, -0.25) is 4.90 Å². The lowest BCUT2D eigenvalue weighted by molar-refractivity contribution is 0.388. The minimum Gasteiger partial charge on any atom is -0.497 e. The summed E-state index contributed by atoms with van der Waals surface area (Å²) in [5, 5.41) is 0.747. The number of halogens is 2. The molecule has 1 aromatic carbocycles. The Morgan fingerprint density at radius 2 is 2.21 bits per heavy atom. The Morgan fingerprint density at radius 1 is 1.50 bits per heavy atom. The first-order chi connectivity index (χ1) is 6.67. The van der Waals surface area contributed by atoms with Gasteiger partial charge in [0.25, 0.3) is 0 Å². The van der Waals surface area contributed by atoms with Crippen LogP contribution < -0.4 is 4.74 Å². The number of nitrogens with zero attached hydrogens (tertiary/aromatic N) is 1. The summed E-state index contributed by atoms with van der Waals surface area (Å²) in [6, 6.07) is 5.74. The van der Waals surface area contributed by atoms with E-state index in [9.17, 15) is 0 Å². The third kappa shape index (κ3) is 3.15. The molecule has 0 radical (unpaired) electrons. The van der Waals surface area contributed by atoms with Crippen LogP contribution in [0.15, 0.2) is 18.2 Å². The van der Waals surface area contributed by atoms with Crippen molar-refractivity contribution >= 4 is 27.5 Å². The average Bonchev–Trinajstić information content (AvgIpc) is 2.20. The van der Waals surface area contributed by atoms with Crippen molar-refractivity contribution in [3.05, 3.63) is 28.8 Å². The maximum Gasteiger partial charge on any atom is 0.120 e. The highest BCUT2D eigenvalue weighted by Gasteiger charge is 2.04. The summed E-state index contributed by atoms with van der Waals surface area (Å²) in [6.45, 7) is 0.827. The number of ether oxygens (including phenoxy) is 1. The molecule has 0 aromatic heterocycles. The van der Waals surface area contributed by atoms with Crippen LogP contribution in [0.2, 0.25) is 5.02 Å². The van der Waals surface area contributed by atoms with E-state index in [1.807, 2.05) is 25.2 Å². The summed E-state index contributed by atoms with van der Waals surface area (Å²) in [6.07, 6.45) is 0. The molecule has 0 fully saturated rings. The fourth-order valence-electron chi connectivity index (χ4n) is 1.12. The van der Waals surface area contributed by atoms with Crippen LogP contribution in [-0.4, -0.2) is 24.5 Å². The summed E-state index contributed by atoms with van der Waals surface area (Å²) in [4.78, 5) is 2.12. The van der Waals surface area contributed by atoms with Gasteiger partial charge in [-0.1, -0.05) is 33.6 Å². The van der Waals surface area contributed by atoms with Gasteiger partial charge in [-0.05, 0) is 24.7 Å². The van der Waals surface area contributed by atoms with Crippen molar-refractivity contribution in [3.63, 3.8) is 0 Å². The molecule has 0 saturated heterocycles. The van der Waals surface area contributed by atoms with E-state index in [0.717, 1.165) is 28.3 Å². The minimum atomic E-state index is 0.747. The molecule has 0 aliphatic heterocycles. The molecule has 0 N–H and O–H groups in total.